The van der Waals surface area contributed by atoms with Crippen LogP contribution in [-0.4, -0.2) is 87.5 Å². The maximum atomic E-state index is 12.9. The highest BCUT2D eigenvalue weighted by Crippen LogP contribution is 2.23. The van der Waals surface area contributed by atoms with Crippen LogP contribution in [0, 0.1) is 0 Å². The average molecular weight is 840 g/mol. The first-order valence-electron chi connectivity index (χ1n) is 25.4. The molecule has 0 spiro atoms. The van der Waals surface area contributed by atoms with Crippen LogP contribution < -0.4 is 5.32 Å². The number of amides is 1. The molecule has 1 amide bonds. The molecule has 0 aromatic carbocycles. The Bertz CT molecular complexity index is 935. The van der Waals surface area contributed by atoms with Gasteiger partial charge in [0.15, 0.2) is 6.29 Å². The molecule has 0 bridgehead atoms. The molecule has 0 aromatic rings. The second-order valence-electron chi connectivity index (χ2n) is 18.0. The fraction of sp³-hybridized carbons (Fsp3) is 0.940. The summed E-state index contributed by atoms with van der Waals surface area (Å²) in [5.41, 5.74) is 0. The van der Waals surface area contributed by atoms with Crippen LogP contribution in [-0.2, 0) is 14.3 Å². The first-order valence-corrected chi connectivity index (χ1v) is 25.4. The van der Waals surface area contributed by atoms with Crippen molar-refractivity contribution in [3.8, 4) is 0 Å². The van der Waals surface area contributed by atoms with Gasteiger partial charge in [-0.15, -0.1) is 0 Å². The Labute approximate surface area is 363 Å². The van der Waals surface area contributed by atoms with Crippen molar-refractivity contribution >= 4 is 5.91 Å². The van der Waals surface area contributed by atoms with Gasteiger partial charge in [0.05, 0.1) is 25.4 Å². The molecule has 1 fully saturated rings. The van der Waals surface area contributed by atoms with Crippen molar-refractivity contribution in [1.82, 2.24) is 5.32 Å². The van der Waals surface area contributed by atoms with Gasteiger partial charge >= 0.3 is 0 Å². The highest BCUT2D eigenvalue weighted by atomic mass is 16.7. The molecule has 1 aliphatic heterocycles. The first kappa shape index (κ1) is 55.9. The zero-order chi connectivity index (χ0) is 43.0. The normalized spacial score (nSPS) is 20.7. The Morgan fingerprint density at radius 2 is 0.932 bits per heavy atom. The van der Waals surface area contributed by atoms with Crippen LogP contribution in [0.25, 0.3) is 0 Å². The van der Waals surface area contributed by atoms with Crippen LogP contribution in [0.4, 0.5) is 0 Å². The van der Waals surface area contributed by atoms with Crippen LogP contribution in [0.1, 0.15) is 245 Å². The van der Waals surface area contributed by atoms with Gasteiger partial charge in [0, 0.05) is 6.42 Å². The smallest absolute Gasteiger partial charge is 0.220 e. The lowest BCUT2D eigenvalue weighted by Crippen LogP contribution is -2.60. The van der Waals surface area contributed by atoms with E-state index in [9.17, 15) is 30.3 Å². The topological polar surface area (TPSA) is 149 Å². The Hall–Kier alpha value is -1.07. The molecule has 9 heteroatoms. The van der Waals surface area contributed by atoms with Crippen molar-refractivity contribution < 1.29 is 39.8 Å². The van der Waals surface area contributed by atoms with E-state index < -0.39 is 49.5 Å². The molecule has 0 radical (unpaired) electrons. The van der Waals surface area contributed by atoms with Crippen molar-refractivity contribution in [3.05, 3.63) is 12.2 Å². The molecular formula is C50H97NO8. The van der Waals surface area contributed by atoms with E-state index in [1.807, 2.05) is 6.08 Å². The number of aliphatic hydroxyl groups is 5. The lowest BCUT2D eigenvalue weighted by atomic mass is 9.99. The summed E-state index contributed by atoms with van der Waals surface area (Å²) in [6.07, 6.45) is 41.3. The molecule has 7 atom stereocenters. The van der Waals surface area contributed by atoms with Gasteiger partial charge in [0.1, 0.15) is 24.4 Å². The lowest BCUT2D eigenvalue weighted by molar-refractivity contribution is -0.302. The third-order valence-electron chi connectivity index (χ3n) is 12.4. The van der Waals surface area contributed by atoms with Crippen LogP contribution in [0.3, 0.4) is 0 Å². The maximum absolute atomic E-state index is 12.9. The third kappa shape index (κ3) is 31.4. The number of carbonyl (C=O) groups excluding carboxylic acids is 1. The summed E-state index contributed by atoms with van der Waals surface area (Å²) in [5.74, 6) is -0.175. The van der Waals surface area contributed by atoms with Gasteiger partial charge in [-0.3, -0.25) is 4.79 Å². The number of aliphatic hydroxyl groups excluding tert-OH is 5. The van der Waals surface area contributed by atoms with Crippen LogP contribution in [0.15, 0.2) is 12.2 Å². The highest BCUT2D eigenvalue weighted by molar-refractivity contribution is 5.76. The monoisotopic (exact) mass is 840 g/mol. The number of carbonyl (C=O) groups is 1. The number of unbranched alkanes of at least 4 members (excludes halogenated alkanes) is 33. The predicted octanol–water partition coefficient (Wildman–Crippen LogP) is 11.3. The van der Waals surface area contributed by atoms with E-state index in [0.717, 1.165) is 38.5 Å². The van der Waals surface area contributed by atoms with Crippen molar-refractivity contribution in [2.75, 3.05) is 13.2 Å². The van der Waals surface area contributed by atoms with Gasteiger partial charge in [-0.2, -0.15) is 0 Å². The molecule has 1 saturated heterocycles. The summed E-state index contributed by atoms with van der Waals surface area (Å²) >= 11 is 0. The van der Waals surface area contributed by atoms with Gasteiger partial charge in [0.25, 0.3) is 0 Å². The predicted molar refractivity (Wildman–Crippen MR) is 244 cm³/mol. The van der Waals surface area contributed by atoms with E-state index in [1.54, 1.807) is 6.08 Å². The summed E-state index contributed by atoms with van der Waals surface area (Å²) in [7, 11) is 0. The highest BCUT2D eigenvalue weighted by Gasteiger charge is 2.44. The molecule has 6 N–H and O–H groups in total. The van der Waals surface area contributed by atoms with Crippen LogP contribution >= 0.6 is 0 Å². The summed E-state index contributed by atoms with van der Waals surface area (Å²) < 4.78 is 11.2. The number of rotatable bonds is 43. The minimum Gasteiger partial charge on any atom is -0.394 e. The number of allylic oxidation sites excluding steroid dienone is 1. The second kappa shape index (κ2) is 41.0. The second-order valence-corrected chi connectivity index (χ2v) is 18.0. The van der Waals surface area contributed by atoms with Gasteiger partial charge < -0.3 is 40.3 Å². The minimum atomic E-state index is -1.56. The standard InChI is InChI=1S/C50H97NO8/c1-3-5-7-9-11-13-15-17-18-19-20-21-22-23-24-25-26-27-28-29-31-33-35-37-39-44(53)43(42-58-50-49(57)48(56)47(55)45(41-52)59-50)51-46(54)40-38-36-34-32-30-16-14-12-10-8-6-4-2/h37,39,43-45,47-50,52-53,55-57H,3-36,38,40-42H2,1-2H3,(H,51,54)/b39-37+. The average Bonchev–Trinajstić information content (AvgIpc) is 3.23. The molecule has 7 unspecified atom stereocenters. The fourth-order valence-corrected chi connectivity index (χ4v) is 8.28. The van der Waals surface area contributed by atoms with Crippen molar-refractivity contribution in [2.24, 2.45) is 0 Å². The van der Waals surface area contributed by atoms with Crippen molar-refractivity contribution in [1.29, 1.82) is 0 Å². The van der Waals surface area contributed by atoms with E-state index >= 15 is 0 Å². The molecule has 1 aliphatic rings. The molecule has 9 nitrogen and oxygen atoms in total. The number of hydrogen-bond donors (Lipinski definition) is 6. The summed E-state index contributed by atoms with van der Waals surface area (Å²) in [6.45, 7) is 3.79. The largest absolute Gasteiger partial charge is 0.394 e. The van der Waals surface area contributed by atoms with Gasteiger partial charge in [0.2, 0.25) is 5.91 Å². The van der Waals surface area contributed by atoms with Crippen LogP contribution in [0.2, 0.25) is 0 Å². The molecule has 350 valence electrons. The van der Waals surface area contributed by atoms with Crippen molar-refractivity contribution in [3.63, 3.8) is 0 Å². The number of hydrogen-bond acceptors (Lipinski definition) is 8. The summed E-state index contributed by atoms with van der Waals surface area (Å²) in [6, 6.07) is -0.798. The van der Waals surface area contributed by atoms with E-state index in [1.165, 1.54) is 186 Å². The fourth-order valence-electron chi connectivity index (χ4n) is 8.28. The molecule has 0 aromatic heterocycles. The van der Waals surface area contributed by atoms with Gasteiger partial charge in [-0.1, -0.05) is 231 Å². The van der Waals surface area contributed by atoms with E-state index in [-0.39, 0.29) is 12.5 Å². The SMILES string of the molecule is CCCCCCCCCCCCCCCCCCCCCCCC/C=C/C(O)C(COC1OC(CO)C(O)C(O)C1O)NC(=O)CCCCCCCCCCCCCC. The van der Waals surface area contributed by atoms with Crippen LogP contribution in [0.5, 0.6) is 0 Å². The van der Waals surface area contributed by atoms with Gasteiger partial charge in [-0.05, 0) is 19.3 Å². The zero-order valence-corrected chi connectivity index (χ0v) is 38.5. The number of ether oxygens (including phenoxy) is 2. The third-order valence-corrected chi connectivity index (χ3v) is 12.4. The molecule has 0 saturated carbocycles. The summed E-state index contributed by atoms with van der Waals surface area (Å²) in [5, 5.41) is 54.3. The van der Waals surface area contributed by atoms with E-state index in [4.69, 9.17) is 9.47 Å². The van der Waals surface area contributed by atoms with Gasteiger partial charge in [-0.25, -0.2) is 0 Å². The zero-order valence-electron chi connectivity index (χ0n) is 38.5. The number of nitrogens with one attached hydrogen (secondary N) is 1. The minimum absolute atomic E-state index is 0.175. The molecule has 1 heterocycles. The quantitative estimate of drug-likeness (QED) is 0.0263. The lowest BCUT2D eigenvalue weighted by Gasteiger charge is -2.40. The van der Waals surface area contributed by atoms with Crippen molar-refractivity contribution in [2.45, 2.75) is 288 Å². The Kier molecular flexibility index (Phi) is 38.9. The molecule has 1 rings (SSSR count). The molecule has 0 aliphatic carbocycles. The molecular weight excluding hydrogens is 743 g/mol. The van der Waals surface area contributed by atoms with E-state index in [2.05, 4.69) is 19.2 Å². The Morgan fingerprint density at radius 3 is 1.32 bits per heavy atom. The molecule has 59 heavy (non-hydrogen) atoms. The van der Waals surface area contributed by atoms with E-state index in [0.29, 0.717) is 6.42 Å². The Balaban J connectivity index is 2.25. The summed E-state index contributed by atoms with van der Waals surface area (Å²) in [4.78, 5) is 12.9. The first-order chi connectivity index (χ1) is 28.8. The Morgan fingerprint density at radius 1 is 0.559 bits per heavy atom. The maximum Gasteiger partial charge on any atom is 0.220 e.